The van der Waals surface area contributed by atoms with Crippen molar-refractivity contribution in [2.45, 2.75) is 0 Å². The van der Waals surface area contributed by atoms with Crippen LogP contribution in [0.25, 0.3) is 6.08 Å². The molecule has 138 valence electrons. The van der Waals surface area contributed by atoms with Gasteiger partial charge in [-0.3, -0.25) is 4.79 Å². The van der Waals surface area contributed by atoms with Crippen LogP contribution < -0.4 is 20.7 Å². The number of amides is 1. The summed E-state index contributed by atoms with van der Waals surface area (Å²) in [6, 6.07) is 11.5. The molecule has 0 unspecified atom stereocenters. The number of nitrogens with one attached hydrogen (secondary N) is 1. The third kappa shape index (κ3) is 5.36. The number of rotatable bonds is 7. The lowest BCUT2D eigenvalue weighted by Crippen LogP contribution is -2.15. The lowest BCUT2D eigenvalue weighted by atomic mass is 10.1. The number of para-hydroxylation sites is 1. The van der Waals surface area contributed by atoms with Gasteiger partial charge in [-0.1, -0.05) is 24.1 Å². The van der Waals surface area contributed by atoms with Gasteiger partial charge in [-0.15, -0.1) is 6.42 Å². The van der Waals surface area contributed by atoms with E-state index in [9.17, 15) is 9.59 Å². The average molecular weight is 366 g/mol. The van der Waals surface area contributed by atoms with E-state index in [1.54, 1.807) is 42.5 Å². The molecule has 0 saturated heterocycles. The highest BCUT2D eigenvalue weighted by molar-refractivity contribution is 6.06. The van der Waals surface area contributed by atoms with Crippen molar-refractivity contribution in [2.24, 2.45) is 5.90 Å². The molecule has 0 aromatic heterocycles. The maximum atomic E-state index is 12.2. The Balaban J connectivity index is 2.11. The molecule has 7 nitrogen and oxygen atoms in total. The Bertz CT molecular complexity index is 899. The van der Waals surface area contributed by atoms with Gasteiger partial charge in [0.15, 0.2) is 11.5 Å². The van der Waals surface area contributed by atoms with Gasteiger partial charge in [-0.05, 0) is 35.9 Å². The largest absolute Gasteiger partial charge is 0.493 e. The van der Waals surface area contributed by atoms with E-state index < -0.39 is 11.9 Å². The molecule has 0 spiro atoms. The van der Waals surface area contributed by atoms with E-state index >= 15 is 0 Å². The zero-order chi connectivity index (χ0) is 19.6. The van der Waals surface area contributed by atoms with E-state index in [1.807, 2.05) is 0 Å². The van der Waals surface area contributed by atoms with Crippen molar-refractivity contribution in [2.75, 3.05) is 19.0 Å². The maximum absolute atomic E-state index is 12.2. The molecule has 0 saturated carbocycles. The summed E-state index contributed by atoms with van der Waals surface area (Å²) in [5, 5.41) is 2.60. The number of anilines is 1. The quantitative estimate of drug-likeness (QED) is 0.443. The molecule has 0 heterocycles. The molecule has 0 atom stereocenters. The van der Waals surface area contributed by atoms with Gasteiger partial charge < -0.3 is 19.6 Å². The minimum atomic E-state index is -0.748. The Morgan fingerprint density at radius 3 is 2.70 bits per heavy atom. The summed E-state index contributed by atoms with van der Waals surface area (Å²) < 4.78 is 10.6. The topological polar surface area (TPSA) is 99.9 Å². The Kier molecular flexibility index (Phi) is 6.99. The SMILES string of the molecule is C#CCOc1ccc(/C=C/C(=O)Nc2ccccc2C(=O)ON)cc1OC. The van der Waals surface area contributed by atoms with E-state index in [4.69, 9.17) is 21.8 Å². The van der Waals surface area contributed by atoms with E-state index in [0.717, 1.165) is 0 Å². The summed E-state index contributed by atoms with van der Waals surface area (Å²) in [7, 11) is 1.51. The fraction of sp³-hybridized carbons (Fsp3) is 0.100. The number of hydrogen-bond acceptors (Lipinski definition) is 6. The molecular weight excluding hydrogens is 348 g/mol. The zero-order valence-corrected chi connectivity index (χ0v) is 14.6. The molecule has 27 heavy (non-hydrogen) atoms. The summed E-state index contributed by atoms with van der Waals surface area (Å²) in [6.45, 7) is 0.124. The third-order valence-corrected chi connectivity index (χ3v) is 3.44. The molecular formula is C20H18N2O5. The van der Waals surface area contributed by atoms with E-state index in [0.29, 0.717) is 22.7 Å². The van der Waals surface area contributed by atoms with Gasteiger partial charge in [0.2, 0.25) is 5.91 Å². The minimum absolute atomic E-state index is 0.124. The van der Waals surface area contributed by atoms with Crippen LogP contribution in [0.5, 0.6) is 11.5 Å². The second-order valence-electron chi connectivity index (χ2n) is 5.18. The molecule has 0 fully saturated rings. The fourth-order valence-electron chi connectivity index (χ4n) is 2.21. The van der Waals surface area contributed by atoms with Gasteiger partial charge in [0.25, 0.3) is 0 Å². The molecule has 0 bridgehead atoms. The summed E-state index contributed by atoms with van der Waals surface area (Å²) in [5.41, 5.74) is 1.15. The fourth-order valence-corrected chi connectivity index (χ4v) is 2.21. The first-order valence-electron chi connectivity index (χ1n) is 7.82. The van der Waals surface area contributed by atoms with Crippen molar-refractivity contribution in [1.29, 1.82) is 0 Å². The van der Waals surface area contributed by atoms with Gasteiger partial charge >= 0.3 is 5.97 Å². The summed E-state index contributed by atoms with van der Waals surface area (Å²) in [6.07, 6.45) is 8.08. The minimum Gasteiger partial charge on any atom is -0.493 e. The highest BCUT2D eigenvalue weighted by Gasteiger charge is 2.12. The molecule has 1 amide bonds. The molecule has 7 heteroatoms. The zero-order valence-electron chi connectivity index (χ0n) is 14.6. The normalized spacial score (nSPS) is 10.1. The molecule has 2 rings (SSSR count). The predicted octanol–water partition coefficient (Wildman–Crippen LogP) is 2.39. The van der Waals surface area contributed by atoms with Crippen LogP contribution in [-0.4, -0.2) is 25.6 Å². The van der Waals surface area contributed by atoms with Crippen molar-refractivity contribution in [3.05, 3.63) is 59.7 Å². The van der Waals surface area contributed by atoms with Crippen LogP contribution in [0, 0.1) is 12.3 Å². The van der Waals surface area contributed by atoms with Gasteiger partial charge in [0, 0.05) is 6.08 Å². The van der Waals surface area contributed by atoms with E-state index in [1.165, 1.54) is 19.3 Å². The van der Waals surface area contributed by atoms with Crippen molar-refractivity contribution in [3.8, 4) is 23.8 Å². The Labute approximate surface area is 156 Å². The van der Waals surface area contributed by atoms with Gasteiger partial charge in [0.1, 0.15) is 6.61 Å². The van der Waals surface area contributed by atoms with Crippen LogP contribution in [0.2, 0.25) is 0 Å². The van der Waals surface area contributed by atoms with E-state index in [-0.39, 0.29) is 12.2 Å². The standard InChI is InChI=1S/C20H18N2O5/c1-3-12-26-17-10-8-14(13-18(17)25-2)9-11-19(23)22-16-7-5-4-6-15(16)20(24)27-21/h1,4-11,13H,12,21H2,2H3,(H,22,23)/b11-9+. The van der Waals surface area contributed by atoms with Gasteiger partial charge in [-0.25, -0.2) is 4.79 Å². The molecule has 0 aliphatic heterocycles. The third-order valence-electron chi connectivity index (χ3n) is 3.44. The first-order valence-corrected chi connectivity index (χ1v) is 7.82. The van der Waals surface area contributed by atoms with Gasteiger partial charge in [0.05, 0.1) is 18.4 Å². The van der Waals surface area contributed by atoms with Crippen molar-refractivity contribution >= 4 is 23.6 Å². The Hall–Kier alpha value is -3.76. The molecule has 3 N–H and O–H groups in total. The number of terminal acetylenes is 1. The smallest absolute Gasteiger partial charge is 0.358 e. The van der Waals surface area contributed by atoms with Crippen LogP contribution in [0.4, 0.5) is 5.69 Å². The monoisotopic (exact) mass is 366 g/mol. The predicted molar refractivity (Wildman–Crippen MR) is 101 cm³/mol. The molecule has 0 aliphatic carbocycles. The second-order valence-corrected chi connectivity index (χ2v) is 5.18. The Morgan fingerprint density at radius 1 is 1.22 bits per heavy atom. The molecule has 2 aromatic rings. The average Bonchev–Trinajstić information content (AvgIpc) is 2.70. The number of hydrogen-bond donors (Lipinski definition) is 2. The number of methoxy groups -OCH3 is 1. The number of benzene rings is 2. The first-order chi connectivity index (χ1) is 13.1. The maximum Gasteiger partial charge on any atom is 0.358 e. The van der Waals surface area contributed by atoms with Crippen LogP contribution in [-0.2, 0) is 9.63 Å². The van der Waals surface area contributed by atoms with Crippen molar-refractivity contribution in [3.63, 3.8) is 0 Å². The molecule has 2 aromatic carbocycles. The first kappa shape index (κ1) is 19.6. The van der Waals surface area contributed by atoms with Crippen LogP contribution >= 0.6 is 0 Å². The molecule has 0 radical (unpaired) electrons. The van der Waals surface area contributed by atoms with Crippen LogP contribution in [0.3, 0.4) is 0 Å². The van der Waals surface area contributed by atoms with Crippen molar-refractivity contribution < 1.29 is 23.9 Å². The number of ether oxygens (including phenoxy) is 2. The number of carbonyl (C=O) groups is 2. The number of carbonyl (C=O) groups excluding carboxylic acids is 2. The highest BCUT2D eigenvalue weighted by Crippen LogP contribution is 2.28. The van der Waals surface area contributed by atoms with Gasteiger partial charge in [-0.2, -0.15) is 5.90 Å². The summed E-state index contributed by atoms with van der Waals surface area (Å²) >= 11 is 0. The second kappa shape index (κ2) is 9.65. The molecule has 0 aliphatic rings. The van der Waals surface area contributed by atoms with Crippen molar-refractivity contribution in [1.82, 2.24) is 0 Å². The van der Waals surface area contributed by atoms with Crippen LogP contribution in [0.1, 0.15) is 15.9 Å². The van der Waals surface area contributed by atoms with E-state index in [2.05, 4.69) is 16.1 Å². The highest BCUT2D eigenvalue weighted by atomic mass is 16.7. The lowest BCUT2D eigenvalue weighted by molar-refractivity contribution is -0.111. The lowest BCUT2D eigenvalue weighted by Gasteiger charge is -2.09. The summed E-state index contributed by atoms with van der Waals surface area (Å²) in [4.78, 5) is 28.0. The Morgan fingerprint density at radius 2 is 2.00 bits per heavy atom. The number of nitrogens with two attached hydrogens (primary N) is 1. The summed E-state index contributed by atoms with van der Waals surface area (Å²) in [5.74, 6) is 7.09. The van der Waals surface area contributed by atoms with Crippen LogP contribution in [0.15, 0.2) is 48.5 Å².